The Labute approximate surface area is 123 Å². The number of halogens is 1. The summed E-state index contributed by atoms with van der Waals surface area (Å²) in [6, 6.07) is 8.30. The molecule has 1 aromatic heterocycles. The molecule has 0 saturated carbocycles. The zero-order valence-corrected chi connectivity index (χ0v) is 13.2. The van der Waals surface area contributed by atoms with E-state index >= 15 is 0 Å². The highest BCUT2D eigenvalue weighted by atomic mass is 79.9. The number of nitrogens with one attached hydrogen (secondary N) is 1. The molecule has 0 bridgehead atoms. The van der Waals surface area contributed by atoms with Crippen molar-refractivity contribution >= 4 is 15.9 Å². The highest BCUT2D eigenvalue weighted by Crippen LogP contribution is 2.19. The van der Waals surface area contributed by atoms with Gasteiger partial charge in [-0.2, -0.15) is 5.10 Å². The average molecular weight is 322 g/mol. The maximum absolute atomic E-state index is 4.61. The molecule has 0 spiro atoms. The zero-order valence-electron chi connectivity index (χ0n) is 11.7. The zero-order chi connectivity index (χ0) is 13.8. The molecular formula is C15H20BrN3. The van der Waals surface area contributed by atoms with Crippen LogP contribution in [0.3, 0.4) is 0 Å². The number of aromatic nitrogens is 2. The van der Waals surface area contributed by atoms with Crippen LogP contribution in [0.25, 0.3) is 5.69 Å². The number of benzene rings is 1. The standard InChI is InChI=1S/C15H20BrN3/c1-11(2)9-17-10-14-6-7-19(18-14)15-8-13(16)5-4-12(15)3/h4-8,11,17H,9-10H2,1-3H3. The van der Waals surface area contributed by atoms with Crippen molar-refractivity contribution in [3.8, 4) is 5.69 Å². The van der Waals surface area contributed by atoms with Gasteiger partial charge in [0.15, 0.2) is 0 Å². The summed E-state index contributed by atoms with van der Waals surface area (Å²) in [4.78, 5) is 0. The van der Waals surface area contributed by atoms with Gasteiger partial charge in [-0.05, 0) is 43.1 Å². The highest BCUT2D eigenvalue weighted by Gasteiger charge is 2.05. The highest BCUT2D eigenvalue weighted by molar-refractivity contribution is 9.10. The third-order valence-electron chi connectivity index (χ3n) is 2.92. The molecule has 0 amide bonds. The van der Waals surface area contributed by atoms with E-state index in [4.69, 9.17) is 0 Å². The van der Waals surface area contributed by atoms with Gasteiger partial charge < -0.3 is 5.32 Å². The fourth-order valence-electron chi connectivity index (χ4n) is 1.91. The Morgan fingerprint density at radius 1 is 1.32 bits per heavy atom. The molecule has 102 valence electrons. The number of rotatable bonds is 5. The van der Waals surface area contributed by atoms with Crippen LogP contribution in [0.5, 0.6) is 0 Å². The third kappa shape index (κ3) is 3.91. The fraction of sp³-hybridized carbons (Fsp3) is 0.400. The van der Waals surface area contributed by atoms with Crippen molar-refractivity contribution in [2.75, 3.05) is 6.54 Å². The lowest BCUT2D eigenvalue weighted by Gasteiger charge is -2.07. The van der Waals surface area contributed by atoms with Gasteiger partial charge in [0.2, 0.25) is 0 Å². The molecule has 0 atom stereocenters. The molecule has 0 radical (unpaired) electrons. The molecular weight excluding hydrogens is 302 g/mol. The quantitative estimate of drug-likeness (QED) is 0.910. The summed E-state index contributed by atoms with van der Waals surface area (Å²) in [7, 11) is 0. The van der Waals surface area contributed by atoms with Crippen molar-refractivity contribution in [3.63, 3.8) is 0 Å². The van der Waals surface area contributed by atoms with Crippen LogP contribution in [0.2, 0.25) is 0 Å². The van der Waals surface area contributed by atoms with Gasteiger partial charge in [-0.15, -0.1) is 0 Å². The Kier molecular flexibility index (Phi) is 4.77. The lowest BCUT2D eigenvalue weighted by atomic mass is 10.2. The number of aryl methyl sites for hydroxylation is 1. The molecule has 0 saturated heterocycles. The van der Waals surface area contributed by atoms with Crippen LogP contribution in [-0.2, 0) is 6.54 Å². The van der Waals surface area contributed by atoms with Gasteiger partial charge in [0.1, 0.15) is 0 Å². The summed E-state index contributed by atoms with van der Waals surface area (Å²) in [6.07, 6.45) is 2.02. The third-order valence-corrected chi connectivity index (χ3v) is 3.41. The van der Waals surface area contributed by atoms with Gasteiger partial charge in [-0.25, -0.2) is 4.68 Å². The smallest absolute Gasteiger partial charge is 0.0766 e. The van der Waals surface area contributed by atoms with E-state index in [0.29, 0.717) is 5.92 Å². The topological polar surface area (TPSA) is 29.9 Å². The summed E-state index contributed by atoms with van der Waals surface area (Å²) < 4.78 is 3.01. The number of hydrogen-bond acceptors (Lipinski definition) is 2. The van der Waals surface area contributed by atoms with Crippen LogP contribution in [0.1, 0.15) is 25.1 Å². The summed E-state index contributed by atoms with van der Waals surface area (Å²) in [5.41, 5.74) is 3.40. The van der Waals surface area contributed by atoms with Gasteiger partial charge in [-0.3, -0.25) is 0 Å². The van der Waals surface area contributed by atoms with Crippen LogP contribution >= 0.6 is 15.9 Å². The second-order valence-electron chi connectivity index (χ2n) is 5.21. The Morgan fingerprint density at radius 2 is 2.11 bits per heavy atom. The van der Waals surface area contributed by atoms with Gasteiger partial charge in [0.25, 0.3) is 0 Å². The number of hydrogen-bond donors (Lipinski definition) is 1. The molecule has 0 fully saturated rings. The lowest BCUT2D eigenvalue weighted by Crippen LogP contribution is -2.19. The van der Waals surface area contributed by atoms with Crippen molar-refractivity contribution < 1.29 is 0 Å². The maximum Gasteiger partial charge on any atom is 0.0766 e. The van der Waals surface area contributed by atoms with E-state index in [2.05, 4.69) is 65.3 Å². The first-order chi connectivity index (χ1) is 9.06. The molecule has 0 aliphatic carbocycles. The molecule has 4 heteroatoms. The molecule has 2 aromatic rings. The number of nitrogens with zero attached hydrogens (tertiary/aromatic N) is 2. The van der Waals surface area contributed by atoms with E-state index in [-0.39, 0.29) is 0 Å². The summed E-state index contributed by atoms with van der Waals surface area (Å²) in [5.74, 6) is 0.661. The second kappa shape index (κ2) is 6.35. The van der Waals surface area contributed by atoms with E-state index in [0.717, 1.165) is 28.9 Å². The monoisotopic (exact) mass is 321 g/mol. The van der Waals surface area contributed by atoms with Crippen LogP contribution < -0.4 is 5.32 Å². The Morgan fingerprint density at radius 3 is 2.84 bits per heavy atom. The van der Waals surface area contributed by atoms with Crippen LogP contribution in [-0.4, -0.2) is 16.3 Å². The van der Waals surface area contributed by atoms with E-state index in [1.807, 2.05) is 16.9 Å². The molecule has 1 heterocycles. The first kappa shape index (κ1) is 14.3. The Balaban J connectivity index is 2.10. The van der Waals surface area contributed by atoms with E-state index < -0.39 is 0 Å². The molecule has 0 unspecified atom stereocenters. The minimum atomic E-state index is 0.661. The summed E-state index contributed by atoms with van der Waals surface area (Å²) >= 11 is 3.50. The minimum absolute atomic E-state index is 0.661. The van der Waals surface area contributed by atoms with Crippen molar-refractivity contribution in [2.45, 2.75) is 27.3 Å². The van der Waals surface area contributed by atoms with Crippen molar-refractivity contribution in [3.05, 3.63) is 46.2 Å². The van der Waals surface area contributed by atoms with Gasteiger partial charge in [0.05, 0.1) is 11.4 Å². The van der Waals surface area contributed by atoms with Gasteiger partial charge >= 0.3 is 0 Å². The largest absolute Gasteiger partial charge is 0.311 e. The van der Waals surface area contributed by atoms with E-state index in [9.17, 15) is 0 Å². The van der Waals surface area contributed by atoms with Gasteiger partial charge in [0, 0.05) is 17.2 Å². The molecule has 0 aliphatic rings. The Bertz CT molecular complexity index is 546. The normalized spacial score (nSPS) is 11.2. The fourth-order valence-corrected chi connectivity index (χ4v) is 2.26. The molecule has 1 N–H and O–H groups in total. The van der Waals surface area contributed by atoms with Crippen molar-refractivity contribution in [2.24, 2.45) is 5.92 Å². The Hall–Kier alpha value is -1.13. The predicted molar refractivity (Wildman–Crippen MR) is 82.5 cm³/mol. The molecule has 0 aliphatic heterocycles. The lowest BCUT2D eigenvalue weighted by molar-refractivity contribution is 0.546. The van der Waals surface area contributed by atoms with Gasteiger partial charge in [-0.1, -0.05) is 35.8 Å². The van der Waals surface area contributed by atoms with Crippen LogP contribution in [0, 0.1) is 12.8 Å². The van der Waals surface area contributed by atoms with Crippen molar-refractivity contribution in [1.29, 1.82) is 0 Å². The first-order valence-electron chi connectivity index (χ1n) is 6.58. The maximum atomic E-state index is 4.61. The molecule has 3 nitrogen and oxygen atoms in total. The second-order valence-corrected chi connectivity index (χ2v) is 6.12. The first-order valence-corrected chi connectivity index (χ1v) is 7.37. The summed E-state index contributed by atoms with van der Waals surface area (Å²) in [6.45, 7) is 8.34. The van der Waals surface area contributed by atoms with Crippen LogP contribution in [0.15, 0.2) is 34.9 Å². The molecule has 19 heavy (non-hydrogen) atoms. The molecule has 1 aromatic carbocycles. The summed E-state index contributed by atoms with van der Waals surface area (Å²) in [5, 5.41) is 8.02. The average Bonchev–Trinajstić information content (AvgIpc) is 2.80. The SMILES string of the molecule is Cc1ccc(Br)cc1-n1ccc(CNCC(C)C)n1. The predicted octanol–water partition coefficient (Wildman–Crippen LogP) is 3.69. The van der Waals surface area contributed by atoms with Crippen LogP contribution in [0.4, 0.5) is 0 Å². The minimum Gasteiger partial charge on any atom is -0.311 e. The van der Waals surface area contributed by atoms with E-state index in [1.54, 1.807) is 0 Å². The van der Waals surface area contributed by atoms with Crippen molar-refractivity contribution in [1.82, 2.24) is 15.1 Å². The van der Waals surface area contributed by atoms with E-state index in [1.165, 1.54) is 5.56 Å². The molecule has 2 rings (SSSR count).